The number of aromatic nitrogens is 2. The van der Waals surface area contributed by atoms with Gasteiger partial charge >= 0.3 is 5.69 Å². The van der Waals surface area contributed by atoms with Crippen LogP contribution >= 0.6 is 11.3 Å². The van der Waals surface area contributed by atoms with Gasteiger partial charge < -0.3 is 5.32 Å². The molecule has 0 saturated carbocycles. The summed E-state index contributed by atoms with van der Waals surface area (Å²) >= 11 is 1.18. The molecule has 0 unspecified atom stereocenters. The standard InChI is InChI=1S/C23H20FN3O3S/c1-2-15-7-4-6-10-18(15)25-20(28)14-26-19-11-12-31-21(19)22(29)27(23(26)30)13-16-8-3-5-9-17(16)24/h3-12H,2,13-14H2,1H3,(H,25,28). The van der Waals surface area contributed by atoms with Gasteiger partial charge in [-0.1, -0.05) is 43.3 Å². The minimum atomic E-state index is -0.655. The minimum absolute atomic E-state index is 0.210. The summed E-state index contributed by atoms with van der Waals surface area (Å²) in [6.45, 7) is 1.52. The number of nitrogens with zero attached hydrogens (tertiary/aromatic N) is 2. The molecular formula is C23H20FN3O3S. The minimum Gasteiger partial charge on any atom is -0.324 e. The topological polar surface area (TPSA) is 73.1 Å². The number of benzene rings is 2. The predicted octanol–water partition coefficient (Wildman–Crippen LogP) is 3.61. The Hall–Kier alpha value is -3.52. The van der Waals surface area contributed by atoms with Crippen LogP contribution in [0.2, 0.25) is 0 Å². The van der Waals surface area contributed by atoms with Crippen LogP contribution in [0.1, 0.15) is 18.1 Å². The first-order valence-corrected chi connectivity index (χ1v) is 10.7. The van der Waals surface area contributed by atoms with E-state index >= 15 is 0 Å². The van der Waals surface area contributed by atoms with Crippen LogP contribution in [-0.4, -0.2) is 15.0 Å². The van der Waals surface area contributed by atoms with Gasteiger partial charge in [-0.2, -0.15) is 0 Å². The lowest BCUT2D eigenvalue weighted by molar-refractivity contribution is -0.116. The van der Waals surface area contributed by atoms with Crippen LogP contribution in [-0.2, 0) is 24.3 Å². The Morgan fingerprint density at radius 1 is 1.00 bits per heavy atom. The maximum Gasteiger partial charge on any atom is 0.332 e. The van der Waals surface area contributed by atoms with Crippen LogP contribution in [0.3, 0.4) is 0 Å². The van der Waals surface area contributed by atoms with E-state index in [-0.39, 0.29) is 24.6 Å². The summed E-state index contributed by atoms with van der Waals surface area (Å²) in [5.41, 5.74) is 1.14. The van der Waals surface area contributed by atoms with Crippen molar-refractivity contribution >= 4 is 33.1 Å². The monoisotopic (exact) mass is 437 g/mol. The highest BCUT2D eigenvalue weighted by atomic mass is 32.1. The van der Waals surface area contributed by atoms with E-state index in [4.69, 9.17) is 0 Å². The van der Waals surface area contributed by atoms with Gasteiger partial charge in [-0.3, -0.25) is 18.7 Å². The van der Waals surface area contributed by atoms with E-state index in [1.165, 1.54) is 28.0 Å². The van der Waals surface area contributed by atoms with Crippen LogP contribution < -0.4 is 16.6 Å². The van der Waals surface area contributed by atoms with Crippen LogP contribution in [0.5, 0.6) is 0 Å². The summed E-state index contributed by atoms with van der Waals surface area (Å²) in [6, 6.07) is 15.1. The normalized spacial score (nSPS) is 11.0. The second-order valence-corrected chi connectivity index (χ2v) is 7.96. The zero-order valence-corrected chi connectivity index (χ0v) is 17.6. The Morgan fingerprint density at radius 3 is 2.45 bits per heavy atom. The van der Waals surface area contributed by atoms with Gasteiger partial charge in [0.2, 0.25) is 5.91 Å². The summed E-state index contributed by atoms with van der Waals surface area (Å²) < 4.78 is 16.7. The van der Waals surface area contributed by atoms with Crippen molar-refractivity contribution in [2.24, 2.45) is 0 Å². The molecule has 0 saturated heterocycles. The number of aryl methyl sites for hydroxylation is 1. The zero-order valence-electron chi connectivity index (χ0n) is 16.8. The number of rotatable bonds is 6. The number of nitrogens with one attached hydrogen (secondary N) is 1. The smallest absolute Gasteiger partial charge is 0.324 e. The third-order valence-electron chi connectivity index (χ3n) is 5.10. The van der Waals surface area contributed by atoms with Crippen molar-refractivity contribution in [3.8, 4) is 0 Å². The summed E-state index contributed by atoms with van der Waals surface area (Å²) in [4.78, 5) is 38.8. The van der Waals surface area contributed by atoms with Crippen molar-refractivity contribution in [3.05, 3.63) is 97.8 Å². The molecular weight excluding hydrogens is 417 g/mol. The average molecular weight is 437 g/mol. The van der Waals surface area contributed by atoms with Gasteiger partial charge in [0.25, 0.3) is 5.56 Å². The molecule has 0 aliphatic rings. The van der Waals surface area contributed by atoms with Crippen molar-refractivity contribution in [1.82, 2.24) is 9.13 Å². The molecule has 2 heterocycles. The number of para-hydroxylation sites is 1. The molecule has 8 heteroatoms. The molecule has 6 nitrogen and oxygen atoms in total. The van der Waals surface area contributed by atoms with Gasteiger partial charge in [-0.05, 0) is 35.6 Å². The highest BCUT2D eigenvalue weighted by Gasteiger charge is 2.18. The Labute approximate surface area is 181 Å². The molecule has 1 N–H and O–H groups in total. The summed E-state index contributed by atoms with van der Waals surface area (Å²) in [5, 5.41) is 4.54. The lowest BCUT2D eigenvalue weighted by atomic mass is 10.1. The number of hydrogen-bond donors (Lipinski definition) is 1. The van der Waals surface area contributed by atoms with Crippen molar-refractivity contribution in [3.63, 3.8) is 0 Å². The molecule has 4 rings (SSSR count). The van der Waals surface area contributed by atoms with Crippen LogP contribution in [0.25, 0.3) is 10.2 Å². The van der Waals surface area contributed by atoms with E-state index in [9.17, 15) is 18.8 Å². The van der Waals surface area contributed by atoms with Crippen molar-refractivity contribution in [2.45, 2.75) is 26.4 Å². The zero-order chi connectivity index (χ0) is 22.0. The predicted molar refractivity (Wildman–Crippen MR) is 120 cm³/mol. The molecule has 1 amide bonds. The number of fused-ring (bicyclic) bond motifs is 1. The SMILES string of the molecule is CCc1ccccc1NC(=O)Cn1c(=O)n(Cc2ccccc2F)c(=O)c2sccc21. The lowest BCUT2D eigenvalue weighted by Crippen LogP contribution is -2.41. The van der Waals surface area contributed by atoms with Gasteiger partial charge in [-0.15, -0.1) is 11.3 Å². The Morgan fingerprint density at radius 2 is 1.71 bits per heavy atom. The van der Waals surface area contributed by atoms with E-state index < -0.39 is 17.1 Å². The summed E-state index contributed by atoms with van der Waals surface area (Å²) in [6.07, 6.45) is 0.749. The van der Waals surface area contributed by atoms with E-state index in [0.29, 0.717) is 15.9 Å². The van der Waals surface area contributed by atoms with Gasteiger partial charge in [0.05, 0.1) is 12.1 Å². The van der Waals surface area contributed by atoms with Gasteiger partial charge in [-0.25, -0.2) is 9.18 Å². The highest BCUT2D eigenvalue weighted by Crippen LogP contribution is 2.18. The third-order valence-corrected chi connectivity index (χ3v) is 5.99. The molecule has 2 aromatic heterocycles. The first kappa shape index (κ1) is 20.7. The number of hydrogen-bond acceptors (Lipinski definition) is 4. The molecule has 0 aliphatic carbocycles. The number of anilines is 1. The fourth-order valence-corrected chi connectivity index (χ4v) is 4.35. The molecule has 158 valence electrons. The van der Waals surface area contributed by atoms with E-state index in [0.717, 1.165) is 16.6 Å². The molecule has 0 atom stereocenters. The summed E-state index contributed by atoms with van der Waals surface area (Å²) in [7, 11) is 0. The Balaban J connectivity index is 1.73. The molecule has 0 aliphatic heterocycles. The third kappa shape index (κ3) is 4.06. The van der Waals surface area contributed by atoms with Crippen molar-refractivity contribution in [1.29, 1.82) is 0 Å². The highest BCUT2D eigenvalue weighted by molar-refractivity contribution is 7.17. The van der Waals surface area contributed by atoms with Crippen molar-refractivity contribution < 1.29 is 9.18 Å². The van der Waals surface area contributed by atoms with Crippen LogP contribution in [0.15, 0.2) is 69.6 Å². The summed E-state index contributed by atoms with van der Waals surface area (Å²) in [5.74, 6) is -0.882. The first-order chi connectivity index (χ1) is 15.0. The van der Waals surface area contributed by atoms with Gasteiger partial charge in [0, 0.05) is 11.3 Å². The molecule has 0 radical (unpaired) electrons. The second-order valence-electron chi connectivity index (χ2n) is 7.05. The maximum absolute atomic E-state index is 14.1. The molecule has 4 aromatic rings. The lowest BCUT2D eigenvalue weighted by Gasteiger charge is -2.14. The van der Waals surface area contributed by atoms with Crippen LogP contribution in [0, 0.1) is 5.82 Å². The molecule has 0 spiro atoms. The first-order valence-electron chi connectivity index (χ1n) is 9.81. The van der Waals surface area contributed by atoms with Crippen molar-refractivity contribution in [2.75, 3.05) is 5.32 Å². The van der Waals surface area contributed by atoms with E-state index in [1.807, 2.05) is 25.1 Å². The quantitative estimate of drug-likeness (QED) is 0.501. The number of halogens is 1. The number of amides is 1. The van der Waals surface area contributed by atoms with Gasteiger partial charge in [0.15, 0.2) is 0 Å². The number of carbonyl (C=O) groups is 1. The largest absolute Gasteiger partial charge is 0.332 e. The van der Waals surface area contributed by atoms with E-state index in [1.54, 1.807) is 29.6 Å². The fraction of sp³-hybridized carbons (Fsp3) is 0.174. The Bertz CT molecular complexity index is 1390. The maximum atomic E-state index is 14.1. The number of thiophene rings is 1. The molecule has 2 aromatic carbocycles. The second kappa shape index (κ2) is 8.69. The van der Waals surface area contributed by atoms with E-state index in [2.05, 4.69) is 5.32 Å². The molecule has 31 heavy (non-hydrogen) atoms. The molecule has 0 fully saturated rings. The average Bonchev–Trinajstić information content (AvgIpc) is 3.26. The van der Waals surface area contributed by atoms with Gasteiger partial charge in [0.1, 0.15) is 17.1 Å². The van der Waals surface area contributed by atoms with Crippen LogP contribution in [0.4, 0.5) is 10.1 Å². The molecule has 0 bridgehead atoms. The number of carbonyl (C=O) groups excluding carboxylic acids is 1. The Kier molecular flexibility index (Phi) is 5.81. The fourth-order valence-electron chi connectivity index (χ4n) is 3.51.